The van der Waals surface area contributed by atoms with E-state index >= 15 is 0 Å². The van der Waals surface area contributed by atoms with Gasteiger partial charge in [-0.25, -0.2) is 0 Å². The molecule has 2 unspecified atom stereocenters. The smallest absolute Gasteiger partial charge is 0.325 e. The molecule has 1 aromatic carbocycles. The second-order valence-corrected chi connectivity index (χ2v) is 3.78. The molecule has 18 heavy (non-hydrogen) atoms. The summed E-state index contributed by atoms with van der Waals surface area (Å²) < 4.78 is 0. The molecule has 1 aliphatic rings. The minimum atomic E-state index is -2.23. The van der Waals surface area contributed by atoms with Crippen LogP contribution in [0.1, 0.15) is 0 Å². The van der Waals surface area contributed by atoms with Crippen LogP contribution in [0.4, 0.5) is 5.69 Å². The van der Waals surface area contributed by atoms with Gasteiger partial charge in [-0.1, -0.05) is 30.4 Å². The third-order valence-corrected chi connectivity index (χ3v) is 2.53. The number of allylic oxidation sites excluding steroid dienone is 2. The van der Waals surface area contributed by atoms with Crippen LogP contribution in [0.15, 0.2) is 64.9 Å². The highest BCUT2D eigenvalue weighted by molar-refractivity contribution is 5.35. The molecule has 1 aliphatic carbocycles. The van der Waals surface area contributed by atoms with Crippen molar-refractivity contribution in [2.24, 2.45) is 10.2 Å². The SMILES string of the molecule is O=[N+]([O-])C1(O)C=CC=CC1N=Nc1ccccc1. The van der Waals surface area contributed by atoms with Crippen molar-refractivity contribution in [3.05, 3.63) is 64.8 Å². The number of azo groups is 1. The van der Waals surface area contributed by atoms with E-state index in [1.807, 2.05) is 6.07 Å². The van der Waals surface area contributed by atoms with E-state index in [2.05, 4.69) is 10.2 Å². The number of rotatable bonds is 3. The molecule has 1 aromatic rings. The fourth-order valence-electron chi connectivity index (χ4n) is 1.52. The minimum absolute atomic E-state index is 0.575. The van der Waals surface area contributed by atoms with Crippen LogP contribution in [-0.4, -0.2) is 21.8 Å². The Labute approximate surface area is 103 Å². The summed E-state index contributed by atoms with van der Waals surface area (Å²) in [5.74, 6) is 0. The van der Waals surface area contributed by atoms with Gasteiger partial charge >= 0.3 is 5.72 Å². The van der Waals surface area contributed by atoms with Gasteiger partial charge in [0, 0.05) is 6.08 Å². The lowest BCUT2D eigenvalue weighted by molar-refractivity contribution is -0.609. The Morgan fingerprint density at radius 2 is 2.00 bits per heavy atom. The van der Waals surface area contributed by atoms with Crippen LogP contribution >= 0.6 is 0 Å². The number of nitrogens with zero attached hydrogens (tertiary/aromatic N) is 3. The molecule has 0 amide bonds. The molecule has 0 saturated carbocycles. The second kappa shape index (κ2) is 4.89. The predicted molar refractivity (Wildman–Crippen MR) is 65.0 cm³/mol. The number of benzene rings is 1. The van der Waals surface area contributed by atoms with E-state index in [1.54, 1.807) is 30.3 Å². The van der Waals surface area contributed by atoms with Crippen LogP contribution in [0, 0.1) is 10.1 Å². The molecule has 2 atom stereocenters. The van der Waals surface area contributed by atoms with Gasteiger partial charge in [-0.2, -0.15) is 10.2 Å². The molecule has 92 valence electrons. The van der Waals surface area contributed by atoms with Gasteiger partial charge in [-0.05, 0) is 18.2 Å². The third-order valence-electron chi connectivity index (χ3n) is 2.53. The van der Waals surface area contributed by atoms with Crippen LogP contribution in [-0.2, 0) is 0 Å². The lowest BCUT2D eigenvalue weighted by Gasteiger charge is -2.20. The molecule has 0 aliphatic heterocycles. The van der Waals surface area contributed by atoms with E-state index in [0.29, 0.717) is 5.69 Å². The fraction of sp³-hybridized carbons (Fsp3) is 0.167. The van der Waals surface area contributed by atoms with E-state index in [0.717, 1.165) is 6.08 Å². The first-order valence-electron chi connectivity index (χ1n) is 5.32. The Hall–Kier alpha value is -2.34. The topological polar surface area (TPSA) is 88.1 Å². The summed E-state index contributed by atoms with van der Waals surface area (Å²) in [6.45, 7) is 0. The van der Waals surface area contributed by atoms with Crippen molar-refractivity contribution in [2.75, 3.05) is 0 Å². The second-order valence-electron chi connectivity index (χ2n) is 3.78. The molecule has 0 radical (unpaired) electrons. The molecule has 0 fully saturated rings. The van der Waals surface area contributed by atoms with Crippen molar-refractivity contribution in [1.29, 1.82) is 0 Å². The third kappa shape index (κ3) is 2.33. The number of hydrogen-bond donors (Lipinski definition) is 1. The predicted octanol–water partition coefficient (Wildman–Crippen LogP) is 2.23. The average Bonchev–Trinajstić information content (AvgIpc) is 2.39. The first-order valence-corrected chi connectivity index (χ1v) is 5.32. The van der Waals surface area contributed by atoms with Crippen molar-refractivity contribution in [1.82, 2.24) is 0 Å². The van der Waals surface area contributed by atoms with Crippen molar-refractivity contribution >= 4 is 5.69 Å². The zero-order valence-electron chi connectivity index (χ0n) is 9.38. The monoisotopic (exact) mass is 245 g/mol. The Balaban J connectivity index is 2.23. The fourth-order valence-corrected chi connectivity index (χ4v) is 1.52. The lowest BCUT2D eigenvalue weighted by atomic mass is 10.0. The van der Waals surface area contributed by atoms with Crippen LogP contribution in [0.3, 0.4) is 0 Å². The molecule has 6 nitrogen and oxygen atoms in total. The van der Waals surface area contributed by atoms with Gasteiger partial charge in [0.2, 0.25) is 0 Å². The average molecular weight is 245 g/mol. The first-order chi connectivity index (χ1) is 8.63. The molecule has 6 heteroatoms. The molecular weight excluding hydrogens is 234 g/mol. The quantitative estimate of drug-likeness (QED) is 0.383. The summed E-state index contributed by atoms with van der Waals surface area (Å²) >= 11 is 0. The maximum atomic E-state index is 10.9. The zero-order valence-corrected chi connectivity index (χ0v) is 9.38. The van der Waals surface area contributed by atoms with Crippen molar-refractivity contribution in [3.8, 4) is 0 Å². The Kier molecular flexibility index (Phi) is 3.29. The van der Waals surface area contributed by atoms with Gasteiger partial charge in [-0.3, -0.25) is 10.1 Å². The number of nitro groups is 1. The zero-order chi connectivity index (χ0) is 13.0. The highest BCUT2D eigenvalue weighted by Gasteiger charge is 2.47. The Morgan fingerprint density at radius 1 is 1.28 bits per heavy atom. The number of aliphatic hydroxyl groups is 1. The van der Waals surface area contributed by atoms with Crippen LogP contribution in [0.5, 0.6) is 0 Å². The van der Waals surface area contributed by atoms with E-state index in [1.165, 1.54) is 12.2 Å². The molecule has 2 rings (SSSR count). The first kappa shape index (κ1) is 12.1. The van der Waals surface area contributed by atoms with Gasteiger partial charge in [0.1, 0.15) is 0 Å². The Bertz CT molecular complexity index is 525. The Morgan fingerprint density at radius 3 is 2.67 bits per heavy atom. The van der Waals surface area contributed by atoms with Crippen molar-refractivity contribution in [3.63, 3.8) is 0 Å². The van der Waals surface area contributed by atoms with Crippen molar-refractivity contribution < 1.29 is 10.0 Å². The molecule has 0 spiro atoms. The maximum Gasteiger partial charge on any atom is 0.370 e. The molecule has 0 heterocycles. The van der Waals surface area contributed by atoms with E-state index in [4.69, 9.17) is 0 Å². The summed E-state index contributed by atoms with van der Waals surface area (Å²) in [5, 5.41) is 28.5. The van der Waals surface area contributed by atoms with E-state index < -0.39 is 16.7 Å². The molecule has 0 bridgehead atoms. The van der Waals surface area contributed by atoms with Crippen LogP contribution in [0.2, 0.25) is 0 Å². The van der Waals surface area contributed by atoms with Gasteiger partial charge in [0.25, 0.3) is 0 Å². The molecule has 0 saturated heterocycles. The molecular formula is C12H11N3O3. The molecule has 1 N–H and O–H groups in total. The van der Waals surface area contributed by atoms with E-state index in [9.17, 15) is 15.2 Å². The van der Waals surface area contributed by atoms with Crippen molar-refractivity contribution in [2.45, 2.75) is 11.8 Å². The number of hydrogen-bond acceptors (Lipinski definition) is 5. The summed E-state index contributed by atoms with van der Waals surface area (Å²) in [4.78, 5) is 10.1. The summed E-state index contributed by atoms with van der Waals surface area (Å²) in [7, 11) is 0. The molecule has 0 aromatic heterocycles. The summed E-state index contributed by atoms with van der Waals surface area (Å²) in [5.41, 5.74) is -1.65. The summed E-state index contributed by atoms with van der Waals surface area (Å²) in [6, 6.07) is 7.80. The normalized spacial score (nSPS) is 26.6. The highest BCUT2D eigenvalue weighted by atomic mass is 16.7. The van der Waals surface area contributed by atoms with Crippen LogP contribution < -0.4 is 0 Å². The maximum absolute atomic E-state index is 10.9. The largest absolute Gasteiger partial charge is 0.370 e. The minimum Gasteiger partial charge on any atom is -0.325 e. The van der Waals surface area contributed by atoms with E-state index in [-0.39, 0.29) is 0 Å². The van der Waals surface area contributed by atoms with Gasteiger partial charge < -0.3 is 5.11 Å². The highest BCUT2D eigenvalue weighted by Crippen LogP contribution is 2.23. The summed E-state index contributed by atoms with van der Waals surface area (Å²) in [6.07, 6.45) is 5.54. The standard InChI is InChI=1S/C12H11N3O3/c16-12(15(17)18)9-5-4-8-11(12)14-13-10-6-2-1-3-7-10/h1-9,11,16H. The lowest BCUT2D eigenvalue weighted by Crippen LogP contribution is -2.46. The van der Waals surface area contributed by atoms with Gasteiger partial charge in [0.15, 0.2) is 6.04 Å². The van der Waals surface area contributed by atoms with Gasteiger partial charge in [0.05, 0.1) is 10.6 Å². The van der Waals surface area contributed by atoms with Crippen LogP contribution in [0.25, 0.3) is 0 Å². The van der Waals surface area contributed by atoms with Gasteiger partial charge in [-0.15, -0.1) is 0 Å².